The number of thioether (sulfide) groups is 1. The molecule has 0 radical (unpaired) electrons. The zero-order valence-electron chi connectivity index (χ0n) is 15.9. The molecule has 0 unspecified atom stereocenters. The minimum atomic E-state index is -0.400. The van der Waals surface area contributed by atoms with Crippen LogP contribution in [0.3, 0.4) is 0 Å². The Labute approximate surface area is 170 Å². The molecular formula is C22H27NO2S2. The van der Waals surface area contributed by atoms with Gasteiger partial charge in [-0.15, -0.1) is 23.1 Å². The highest BCUT2D eigenvalue weighted by Gasteiger charge is 2.42. The van der Waals surface area contributed by atoms with Gasteiger partial charge in [-0.05, 0) is 54.5 Å². The van der Waals surface area contributed by atoms with Crippen molar-refractivity contribution in [1.82, 2.24) is 4.90 Å². The topological polar surface area (TPSA) is 21.7 Å². The van der Waals surface area contributed by atoms with Crippen LogP contribution in [0.15, 0.2) is 34.5 Å². The molecule has 5 heteroatoms. The van der Waals surface area contributed by atoms with Crippen LogP contribution in [-0.4, -0.2) is 35.6 Å². The molecule has 3 aliphatic rings. The highest BCUT2D eigenvalue weighted by Crippen LogP contribution is 2.41. The van der Waals surface area contributed by atoms with Crippen molar-refractivity contribution >= 4 is 23.1 Å². The van der Waals surface area contributed by atoms with Crippen LogP contribution >= 0.6 is 23.1 Å². The maximum atomic E-state index is 6.43. The third-order valence-corrected chi connectivity index (χ3v) is 8.39. The van der Waals surface area contributed by atoms with Crippen LogP contribution in [0, 0.1) is 0 Å². The van der Waals surface area contributed by atoms with Crippen molar-refractivity contribution in [3.05, 3.63) is 35.9 Å². The second-order valence-corrected chi connectivity index (χ2v) is 10.4. The number of thiophene rings is 1. The summed E-state index contributed by atoms with van der Waals surface area (Å²) in [5.41, 5.74) is 2.45. The monoisotopic (exact) mass is 401 g/mol. The van der Waals surface area contributed by atoms with E-state index in [0.29, 0.717) is 6.61 Å². The number of hydrogen-bond donors (Lipinski definition) is 0. The fourth-order valence-electron chi connectivity index (χ4n) is 4.31. The summed E-state index contributed by atoms with van der Waals surface area (Å²) in [6.45, 7) is 5.06. The first kappa shape index (κ1) is 18.0. The van der Waals surface area contributed by atoms with Crippen LogP contribution in [0.4, 0.5) is 0 Å². The summed E-state index contributed by atoms with van der Waals surface area (Å²) in [7, 11) is 0. The van der Waals surface area contributed by atoms with Gasteiger partial charge in [-0.2, -0.15) is 0 Å². The molecule has 0 bridgehead atoms. The van der Waals surface area contributed by atoms with E-state index in [1.807, 2.05) is 23.1 Å². The van der Waals surface area contributed by atoms with Crippen molar-refractivity contribution in [3.63, 3.8) is 0 Å². The molecule has 2 aromatic rings. The second kappa shape index (κ2) is 7.43. The van der Waals surface area contributed by atoms with Crippen molar-refractivity contribution in [2.75, 3.05) is 18.8 Å². The Morgan fingerprint density at radius 1 is 1.19 bits per heavy atom. The maximum absolute atomic E-state index is 6.43. The van der Waals surface area contributed by atoms with Gasteiger partial charge in [0.1, 0.15) is 5.75 Å². The third kappa shape index (κ3) is 3.55. The molecule has 1 spiro atoms. The van der Waals surface area contributed by atoms with E-state index < -0.39 is 5.79 Å². The minimum absolute atomic E-state index is 0.400. The number of ether oxygens (including phenoxy) is 2. The molecule has 27 heavy (non-hydrogen) atoms. The summed E-state index contributed by atoms with van der Waals surface area (Å²) in [6, 6.07) is 11.9. The molecule has 2 aliphatic heterocycles. The molecule has 1 saturated carbocycles. The summed E-state index contributed by atoms with van der Waals surface area (Å²) < 4.78 is 14.1. The standard InChI is InChI=1S/C22H27NO2S2/c1-2-26-21-9-8-20(27-21)16-6-7-19-17(14-16)15-24-22(25-19)10-12-23(13-11-22)18-4-3-5-18/h6-9,14,18H,2-5,10-13,15H2,1H3. The van der Waals surface area contributed by atoms with Crippen LogP contribution in [0.5, 0.6) is 5.75 Å². The molecule has 144 valence electrons. The lowest BCUT2D eigenvalue weighted by molar-refractivity contribution is -0.231. The van der Waals surface area contributed by atoms with Crippen LogP contribution < -0.4 is 4.74 Å². The first-order valence-electron chi connectivity index (χ1n) is 10.2. The molecule has 3 nitrogen and oxygen atoms in total. The molecule has 1 aliphatic carbocycles. The van der Waals surface area contributed by atoms with Gasteiger partial charge >= 0.3 is 0 Å². The summed E-state index contributed by atoms with van der Waals surface area (Å²) in [4.78, 5) is 3.96. The molecule has 2 fully saturated rings. The van der Waals surface area contributed by atoms with Gasteiger partial charge < -0.3 is 9.47 Å². The Morgan fingerprint density at radius 2 is 2.04 bits per heavy atom. The Balaban J connectivity index is 1.29. The molecule has 1 aromatic heterocycles. The van der Waals surface area contributed by atoms with Gasteiger partial charge in [0.25, 0.3) is 0 Å². The lowest BCUT2D eigenvalue weighted by Crippen LogP contribution is -2.54. The number of hydrogen-bond acceptors (Lipinski definition) is 5. The van der Waals surface area contributed by atoms with Gasteiger partial charge in [0.2, 0.25) is 5.79 Å². The lowest BCUT2D eigenvalue weighted by atomic mass is 9.89. The Kier molecular flexibility index (Phi) is 4.97. The SMILES string of the molecule is CCSc1ccc(-c2ccc3c(c2)COC2(CCN(C4CCC4)CC2)O3)s1. The number of likely N-dealkylation sites (tertiary alicyclic amines) is 1. The zero-order chi connectivity index (χ0) is 18.3. The van der Waals surface area contributed by atoms with E-state index in [0.717, 1.165) is 43.5 Å². The highest BCUT2D eigenvalue weighted by atomic mass is 32.2. The van der Waals surface area contributed by atoms with Gasteiger partial charge in [-0.3, -0.25) is 4.90 Å². The second-order valence-electron chi connectivity index (χ2n) is 7.80. The van der Waals surface area contributed by atoms with Crippen LogP contribution in [0.25, 0.3) is 10.4 Å². The molecule has 5 rings (SSSR count). The van der Waals surface area contributed by atoms with Crippen molar-refractivity contribution in [2.45, 2.75) is 61.7 Å². The summed E-state index contributed by atoms with van der Waals surface area (Å²) in [5, 5.41) is 0. The minimum Gasteiger partial charge on any atom is -0.462 e. The molecule has 0 atom stereocenters. The van der Waals surface area contributed by atoms with Crippen molar-refractivity contribution in [2.24, 2.45) is 0 Å². The quantitative estimate of drug-likeness (QED) is 0.605. The Bertz CT molecular complexity index is 806. The summed E-state index contributed by atoms with van der Waals surface area (Å²) in [6.07, 6.45) is 6.11. The molecule has 1 saturated heterocycles. The van der Waals surface area contributed by atoms with Crippen LogP contribution in [0.2, 0.25) is 0 Å². The van der Waals surface area contributed by atoms with E-state index in [-0.39, 0.29) is 0 Å². The molecule has 0 N–H and O–H groups in total. The van der Waals surface area contributed by atoms with E-state index in [1.165, 1.54) is 39.5 Å². The van der Waals surface area contributed by atoms with Crippen LogP contribution in [-0.2, 0) is 11.3 Å². The molecule has 3 heterocycles. The predicted octanol–water partition coefficient (Wildman–Crippen LogP) is 5.78. The Hall–Kier alpha value is -1.01. The number of fused-ring (bicyclic) bond motifs is 1. The summed E-state index contributed by atoms with van der Waals surface area (Å²) in [5.74, 6) is 1.73. The smallest absolute Gasteiger partial charge is 0.213 e. The zero-order valence-corrected chi connectivity index (χ0v) is 17.5. The van der Waals surface area contributed by atoms with Gasteiger partial charge in [0.15, 0.2) is 0 Å². The lowest BCUT2D eigenvalue weighted by Gasteiger charge is -2.47. The van der Waals surface area contributed by atoms with Gasteiger partial charge in [0.05, 0.1) is 10.8 Å². The number of rotatable bonds is 4. The average Bonchev–Trinajstić information content (AvgIpc) is 3.11. The largest absolute Gasteiger partial charge is 0.462 e. The normalized spacial score (nSPS) is 22.3. The Morgan fingerprint density at radius 3 is 2.78 bits per heavy atom. The summed E-state index contributed by atoms with van der Waals surface area (Å²) >= 11 is 3.78. The number of piperidine rings is 1. The van der Waals surface area contributed by atoms with Gasteiger partial charge in [-0.1, -0.05) is 13.3 Å². The average molecular weight is 402 g/mol. The molecular weight excluding hydrogens is 374 g/mol. The van der Waals surface area contributed by atoms with Gasteiger partial charge in [0, 0.05) is 42.4 Å². The van der Waals surface area contributed by atoms with E-state index in [4.69, 9.17) is 9.47 Å². The van der Waals surface area contributed by atoms with Crippen LogP contribution in [0.1, 0.15) is 44.6 Å². The van der Waals surface area contributed by atoms with Crippen molar-refractivity contribution in [1.29, 1.82) is 0 Å². The number of benzene rings is 1. The van der Waals surface area contributed by atoms with E-state index >= 15 is 0 Å². The predicted molar refractivity (Wildman–Crippen MR) is 113 cm³/mol. The molecule has 1 aromatic carbocycles. The first-order valence-corrected chi connectivity index (χ1v) is 12.0. The fourth-order valence-corrected chi connectivity index (χ4v) is 6.35. The van der Waals surface area contributed by atoms with Gasteiger partial charge in [-0.25, -0.2) is 0 Å². The highest BCUT2D eigenvalue weighted by molar-refractivity contribution is 8.01. The third-order valence-electron chi connectivity index (χ3n) is 6.15. The number of nitrogens with zero attached hydrogens (tertiary/aromatic N) is 1. The van der Waals surface area contributed by atoms with Crippen molar-refractivity contribution in [3.8, 4) is 16.2 Å². The van der Waals surface area contributed by atoms with E-state index in [9.17, 15) is 0 Å². The van der Waals surface area contributed by atoms with E-state index in [2.05, 4.69) is 42.2 Å². The first-order chi connectivity index (χ1) is 13.2. The van der Waals surface area contributed by atoms with Crippen molar-refractivity contribution < 1.29 is 9.47 Å². The fraction of sp³-hybridized carbons (Fsp3) is 0.545. The molecule has 0 amide bonds. The van der Waals surface area contributed by atoms with E-state index in [1.54, 1.807) is 0 Å². The maximum Gasteiger partial charge on any atom is 0.213 e.